The van der Waals surface area contributed by atoms with Gasteiger partial charge in [-0.3, -0.25) is 9.69 Å². The number of nitrogens with one attached hydrogen (secondary N) is 1. The second-order valence-corrected chi connectivity index (χ2v) is 12.0. The summed E-state index contributed by atoms with van der Waals surface area (Å²) in [4.78, 5) is 34.6. The van der Waals surface area contributed by atoms with Gasteiger partial charge in [0.15, 0.2) is 11.0 Å². The maximum absolute atomic E-state index is 15.1. The van der Waals surface area contributed by atoms with E-state index in [9.17, 15) is 18.4 Å². The van der Waals surface area contributed by atoms with Crippen molar-refractivity contribution in [3.05, 3.63) is 83.9 Å². The van der Waals surface area contributed by atoms with Gasteiger partial charge in [0.1, 0.15) is 29.3 Å². The van der Waals surface area contributed by atoms with Gasteiger partial charge in [-0.1, -0.05) is 23.9 Å². The summed E-state index contributed by atoms with van der Waals surface area (Å²) in [6, 6.07) is 14.9. The molecule has 0 spiro atoms. The van der Waals surface area contributed by atoms with E-state index in [4.69, 9.17) is 32.7 Å². The van der Waals surface area contributed by atoms with Crippen LogP contribution in [-0.2, 0) is 16.1 Å². The van der Waals surface area contributed by atoms with E-state index in [1.54, 1.807) is 24.3 Å². The summed E-state index contributed by atoms with van der Waals surface area (Å²) in [6.07, 6.45) is -1.17. The van der Waals surface area contributed by atoms with Crippen LogP contribution in [0.2, 0.25) is 0 Å². The van der Waals surface area contributed by atoms with Crippen LogP contribution in [0.5, 0.6) is 5.75 Å². The van der Waals surface area contributed by atoms with Gasteiger partial charge in [-0.25, -0.2) is 27.6 Å². The number of hydrogen-bond acceptors (Lipinski definition) is 7. The number of ether oxygens (including phenoxy) is 2. The van der Waals surface area contributed by atoms with Gasteiger partial charge in [0.25, 0.3) is 6.43 Å². The molecule has 240 valence electrons. The Kier molecular flexibility index (Phi) is 10.8. The van der Waals surface area contributed by atoms with Crippen molar-refractivity contribution in [2.45, 2.75) is 24.8 Å². The highest BCUT2D eigenvalue weighted by atomic mass is 35.5. The van der Waals surface area contributed by atoms with E-state index >= 15 is 4.39 Å². The van der Waals surface area contributed by atoms with Gasteiger partial charge in [-0.05, 0) is 61.0 Å². The van der Waals surface area contributed by atoms with Crippen molar-refractivity contribution in [3.8, 4) is 22.8 Å². The Labute approximate surface area is 275 Å². The van der Waals surface area contributed by atoms with Crippen molar-refractivity contribution < 1.29 is 32.2 Å². The van der Waals surface area contributed by atoms with Crippen LogP contribution in [0.3, 0.4) is 0 Å². The van der Waals surface area contributed by atoms with Crippen molar-refractivity contribution >= 4 is 63.4 Å². The van der Waals surface area contributed by atoms with E-state index in [1.807, 2.05) is 13.0 Å². The summed E-state index contributed by atoms with van der Waals surface area (Å²) in [7, 11) is 0. The fourth-order valence-electron chi connectivity index (χ4n) is 4.30. The van der Waals surface area contributed by atoms with Gasteiger partial charge in [-0.2, -0.15) is 4.99 Å². The fourth-order valence-corrected chi connectivity index (χ4v) is 5.34. The van der Waals surface area contributed by atoms with E-state index < -0.39 is 29.7 Å². The summed E-state index contributed by atoms with van der Waals surface area (Å²) < 4.78 is 51.8. The third-order valence-corrected chi connectivity index (χ3v) is 7.56. The number of aromatic nitrogens is 3. The second kappa shape index (κ2) is 15.0. The van der Waals surface area contributed by atoms with Gasteiger partial charge >= 0.3 is 6.03 Å². The number of hydrogen-bond donors (Lipinski definition) is 1. The molecule has 1 fully saturated rings. The molecule has 16 heteroatoms. The minimum Gasteiger partial charge on any atom is -0.488 e. The summed E-state index contributed by atoms with van der Waals surface area (Å²) in [5.41, 5.74) is 2.81. The van der Waals surface area contributed by atoms with Crippen LogP contribution in [-0.4, -0.2) is 62.1 Å². The molecule has 0 atom stereocenters. The lowest BCUT2D eigenvalue weighted by Crippen LogP contribution is -2.31. The first-order chi connectivity index (χ1) is 22.1. The summed E-state index contributed by atoms with van der Waals surface area (Å²) in [5, 5.41) is 6.89. The van der Waals surface area contributed by atoms with Gasteiger partial charge in [0, 0.05) is 11.1 Å². The summed E-state index contributed by atoms with van der Waals surface area (Å²) >= 11 is 12.6. The van der Waals surface area contributed by atoms with E-state index in [0.29, 0.717) is 22.5 Å². The van der Waals surface area contributed by atoms with Crippen molar-refractivity contribution in [2.75, 3.05) is 29.2 Å². The number of nitrogens with zero attached hydrogens (tertiary/aromatic N) is 5. The lowest BCUT2D eigenvalue weighted by molar-refractivity contribution is -0.115. The zero-order valence-corrected chi connectivity index (χ0v) is 26.3. The number of rotatable bonds is 11. The average Bonchev–Trinajstić information content (AvgIpc) is 3.65. The van der Waals surface area contributed by atoms with Gasteiger partial charge in [0.2, 0.25) is 5.91 Å². The lowest BCUT2D eigenvalue weighted by atomic mass is 10.1. The Morgan fingerprint density at radius 1 is 1.11 bits per heavy atom. The average molecular weight is 694 g/mol. The molecule has 5 rings (SSSR count). The van der Waals surface area contributed by atoms with Crippen molar-refractivity contribution in [2.24, 2.45) is 4.99 Å². The molecule has 3 aromatic carbocycles. The monoisotopic (exact) mass is 692 g/mol. The number of anilines is 2. The number of alkyl halides is 4. The first-order valence-electron chi connectivity index (χ1n) is 13.6. The fraction of sp³-hybridized carbons (Fsp3) is 0.233. The first kappa shape index (κ1) is 33.3. The van der Waals surface area contributed by atoms with Crippen LogP contribution in [0.15, 0.2) is 72.0 Å². The number of aliphatic imine (C=N–C) groups is 1. The Balaban J connectivity index is 1.28. The smallest absolute Gasteiger partial charge is 0.347 e. The molecule has 2 heterocycles. The van der Waals surface area contributed by atoms with E-state index in [0.717, 1.165) is 23.4 Å². The Morgan fingerprint density at radius 2 is 1.89 bits per heavy atom. The third kappa shape index (κ3) is 8.37. The molecule has 0 aliphatic carbocycles. The van der Waals surface area contributed by atoms with Crippen LogP contribution in [0, 0.1) is 12.7 Å². The number of thioether (sulfide) groups is 1. The van der Waals surface area contributed by atoms with Gasteiger partial charge < -0.3 is 14.8 Å². The zero-order chi connectivity index (χ0) is 32.8. The molecule has 1 saturated heterocycles. The Hall–Kier alpha value is -4.11. The number of amidine groups is 1. The summed E-state index contributed by atoms with van der Waals surface area (Å²) in [6.45, 7) is 1.35. The highest BCUT2D eigenvalue weighted by Crippen LogP contribution is 2.32. The molecule has 3 amide bonds. The number of benzene rings is 3. The number of carbonyl (C=O) groups excluding carboxylic acids is 2. The molecule has 0 saturated carbocycles. The van der Waals surface area contributed by atoms with Gasteiger partial charge in [-0.15, -0.1) is 28.3 Å². The molecular formula is C30H25Cl2F3N6O4S. The van der Waals surface area contributed by atoms with Crippen LogP contribution >= 0.6 is 35.0 Å². The van der Waals surface area contributed by atoms with E-state index in [1.165, 1.54) is 40.2 Å². The molecule has 4 aromatic rings. The predicted octanol–water partition coefficient (Wildman–Crippen LogP) is 7.01. The van der Waals surface area contributed by atoms with Crippen molar-refractivity contribution in [1.29, 1.82) is 0 Å². The Bertz CT molecular complexity index is 1760. The molecule has 1 aliphatic heterocycles. The molecule has 0 unspecified atom stereocenters. The van der Waals surface area contributed by atoms with Crippen LogP contribution in [0.4, 0.5) is 29.3 Å². The zero-order valence-electron chi connectivity index (χ0n) is 24.0. The maximum atomic E-state index is 15.1. The van der Waals surface area contributed by atoms with Crippen LogP contribution in [0.1, 0.15) is 11.1 Å². The van der Waals surface area contributed by atoms with Crippen molar-refractivity contribution in [3.63, 3.8) is 0 Å². The first-order valence-corrected chi connectivity index (χ1v) is 15.5. The topological polar surface area (TPSA) is 111 Å². The number of aryl methyl sites for hydroxylation is 1. The molecule has 46 heavy (non-hydrogen) atoms. The number of halogens is 5. The highest BCUT2D eigenvalue weighted by molar-refractivity contribution is 8.15. The normalized spacial score (nSPS) is 14.1. The number of urea groups is 1. The molecule has 1 aromatic heterocycles. The van der Waals surface area contributed by atoms with Gasteiger partial charge in [0.05, 0.1) is 36.0 Å². The SMILES string of the molecule is Cc1ccc(COCC(Cl)Cl)c(N2C(=O)CS/C2=N\C(=O)Nc2ccc(-c3ncn(-c4ccc(OCC(F)F)cc4)n3)cc2F)c1. The van der Waals surface area contributed by atoms with Crippen molar-refractivity contribution in [1.82, 2.24) is 14.8 Å². The molecule has 10 nitrogen and oxygen atoms in total. The lowest BCUT2D eigenvalue weighted by Gasteiger charge is -2.20. The quantitative estimate of drug-likeness (QED) is 0.168. The largest absolute Gasteiger partial charge is 0.488 e. The minimum absolute atomic E-state index is 0.0606. The highest BCUT2D eigenvalue weighted by Gasteiger charge is 2.32. The predicted molar refractivity (Wildman–Crippen MR) is 171 cm³/mol. The van der Waals surface area contributed by atoms with E-state index in [-0.39, 0.29) is 47.3 Å². The second-order valence-electron chi connectivity index (χ2n) is 9.78. The number of amides is 3. The molecule has 1 N–H and O–H groups in total. The van der Waals surface area contributed by atoms with E-state index in [2.05, 4.69) is 20.4 Å². The van der Waals surface area contributed by atoms with Crippen LogP contribution < -0.4 is 15.0 Å². The third-order valence-electron chi connectivity index (χ3n) is 6.38. The van der Waals surface area contributed by atoms with Crippen LogP contribution in [0.25, 0.3) is 17.1 Å². The molecule has 0 bridgehead atoms. The molecular weight excluding hydrogens is 668 g/mol. The Morgan fingerprint density at radius 3 is 2.61 bits per heavy atom. The number of carbonyl (C=O) groups is 2. The standard InChI is InChI=1S/C30H25Cl2F3N6O4S/c1-17-2-3-19(12-44-13-25(31)32)24(10-17)41-27(42)15-46-30(41)38-29(43)37-23-9-4-18(11-22(23)33)28-36-16-40(39-28)20-5-7-21(8-6-20)45-14-26(34)35/h2-11,16,25-26H,12-15H2,1H3,(H,37,43)/b38-30-. The maximum Gasteiger partial charge on any atom is 0.347 e. The molecule has 1 aliphatic rings. The molecule has 0 radical (unpaired) electrons. The minimum atomic E-state index is -2.58. The summed E-state index contributed by atoms with van der Waals surface area (Å²) in [5.74, 6) is -0.500.